The van der Waals surface area contributed by atoms with Gasteiger partial charge in [0.05, 0.1) is 23.6 Å². The minimum atomic E-state index is 0.627. The number of nitrogens with zero attached hydrogens (tertiary/aromatic N) is 2. The van der Waals surface area contributed by atoms with Gasteiger partial charge in [-0.2, -0.15) is 10.2 Å². The average Bonchev–Trinajstić information content (AvgIpc) is 2.29. The molecule has 1 heterocycles. The Labute approximate surface area is 88.2 Å². The summed E-state index contributed by atoms with van der Waals surface area (Å²) in [5.41, 5.74) is 8.33. The van der Waals surface area contributed by atoms with Crippen molar-refractivity contribution in [3.8, 4) is 0 Å². The van der Waals surface area contributed by atoms with E-state index in [2.05, 4.69) is 15.5 Å². The van der Waals surface area contributed by atoms with Crippen LogP contribution in [0.5, 0.6) is 0 Å². The molecule has 0 unspecified atom stereocenters. The van der Waals surface area contributed by atoms with E-state index in [1.807, 2.05) is 36.4 Å². The molecule has 3 N–H and O–H groups in total. The highest BCUT2D eigenvalue weighted by atomic mass is 15.1. The molecule has 15 heavy (non-hydrogen) atoms. The molecule has 0 fully saturated rings. The third-order valence-electron chi connectivity index (χ3n) is 2.05. The van der Waals surface area contributed by atoms with Gasteiger partial charge in [0, 0.05) is 6.20 Å². The first-order chi connectivity index (χ1) is 7.36. The van der Waals surface area contributed by atoms with Crippen LogP contribution in [0, 0.1) is 0 Å². The lowest BCUT2D eigenvalue weighted by molar-refractivity contribution is 0.925. The van der Waals surface area contributed by atoms with Gasteiger partial charge in [-0.05, 0) is 24.3 Å². The minimum absolute atomic E-state index is 0.627. The summed E-state index contributed by atoms with van der Waals surface area (Å²) < 4.78 is 0. The molecule has 0 aliphatic heterocycles. The first-order valence-electron chi connectivity index (χ1n) is 4.71. The standard InChI is InChI=1S/C11H12N4/c12-10-5-1-2-6-11(10)13-8-9-4-3-7-14-15-9/h1-7,13H,8,12H2. The second kappa shape index (κ2) is 4.41. The zero-order valence-corrected chi connectivity index (χ0v) is 8.22. The number of rotatable bonds is 3. The first kappa shape index (κ1) is 9.45. The number of nitrogens with two attached hydrogens (primary N) is 1. The predicted octanol–water partition coefficient (Wildman–Crippen LogP) is 1.67. The normalized spacial score (nSPS) is 9.87. The van der Waals surface area contributed by atoms with Gasteiger partial charge >= 0.3 is 0 Å². The molecule has 0 saturated carbocycles. The number of para-hydroxylation sites is 2. The van der Waals surface area contributed by atoms with Gasteiger partial charge in [-0.25, -0.2) is 0 Å². The van der Waals surface area contributed by atoms with Crippen LogP contribution in [-0.2, 0) is 6.54 Å². The molecule has 76 valence electrons. The van der Waals surface area contributed by atoms with Gasteiger partial charge in [0.15, 0.2) is 0 Å². The summed E-state index contributed by atoms with van der Waals surface area (Å²) in [6.45, 7) is 0.627. The molecule has 0 amide bonds. The molecule has 4 nitrogen and oxygen atoms in total. The Morgan fingerprint density at radius 2 is 2.00 bits per heavy atom. The van der Waals surface area contributed by atoms with Crippen LogP contribution in [0.15, 0.2) is 42.6 Å². The molecule has 0 aliphatic rings. The van der Waals surface area contributed by atoms with Crippen molar-refractivity contribution in [1.82, 2.24) is 10.2 Å². The van der Waals surface area contributed by atoms with Crippen LogP contribution in [0.3, 0.4) is 0 Å². The van der Waals surface area contributed by atoms with E-state index >= 15 is 0 Å². The maximum atomic E-state index is 5.79. The van der Waals surface area contributed by atoms with Crippen molar-refractivity contribution in [3.63, 3.8) is 0 Å². The zero-order valence-electron chi connectivity index (χ0n) is 8.22. The maximum absolute atomic E-state index is 5.79. The first-order valence-corrected chi connectivity index (χ1v) is 4.71. The molecule has 2 aromatic rings. The van der Waals surface area contributed by atoms with Crippen molar-refractivity contribution in [3.05, 3.63) is 48.3 Å². The van der Waals surface area contributed by atoms with E-state index in [4.69, 9.17) is 5.73 Å². The number of aromatic nitrogens is 2. The zero-order chi connectivity index (χ0) is 10.5. The largest absolute Gasteiger partial charge is 0.397 e. The van der Waals surface area contributed by atoms with Gasteiger partial charge in [0.25, 0.3) is 0 Å². The molecule has 1 aromatic heterocycles. The van der Waals surface area contributed by atoms with Crippen molar-refractivity contribution in [1.29, 1.82) is 0 Å². The molecule has 4 heteroatoms. The fourth-order valence-corrected chi connectivity index (χ4v) is 1.27. The van der Waals surface area contributed by atoms with Crippen molar-refractivity contribution in [2.24, 2.45) is 0 Å². The van der Waals surface area contributed by atoms with Crippen LogP contribution in [0.4, 0.5) is 11.4 Å². The molecular formula is C11H12N4. The summed E-state index contributed by atoms with van der Waals surface area (Å²) in [7, 11) is 0. The Morgan fingerprint density at radius 1 is 1.13 bits per heavy atom. The molecular weight excluding hydrogens is 188 g/mol. The quantitative estimate of drug-likeness (QED) is 0.740. The third-order valence-corrected chi connectivity index (χ3v) is 2.05. The van der Waals surface area contributed by atoms with Gasteiger partial charge in [-0.1, -0.05) is 12.1 Å². The lowest BCUT2D eigenvalue weighted by Crippen LogP contribution is -2.04. The van der Waals surface area contributed by atoms with Crippen LogP contribution in [0.2, 0.25) is 0 Å². The second-order valence-corrected chi connectivity index (χ2v) is 3.16. The van der Waals surface area contributed by atoms with Crippen LogP contribution in [0.25, 0.3) is 0 Å². The van der Waals surface area contributed by atoms with Crippen molar-refractivity contribution < 1.29 is 0 Å². The van der Waals surface area contributed by atoms with Gasteiger partial charge < -0.3 is 11.1 Å². The van der Waals surface area contributed by atoms with E-state index in [0.29, 0.717) is 6.54 Å². The Bertz CT molecular complexity index is 428. The predicted molar refractivity (Wildman–Crippen MR) is 60.2 cm³/mol. The van der Waals surface area contributed by atoms with Crippen LogP contribution in [0.1, 0.15) is 5.69 Å². The Kier molecular flexibility index (Phi) is 2.78. The smallest absolute Gasteiger partial charge is 0.0821 e. The second-order valence-electron chi connectivity index (χ2n) is 3.16. The lowest BCUT2D eigenvalue weighted by Gasteiger charge is -2.07. The summed E-state index contributed by atoms with van der Waals surface area (Å²) in [6.07, 6.45) is 1.65. The SMILES string of the molecule is Nc1ccccc1NCc1cccnn1. The molecule has 0 aliphatic carbocycles. The number of anilines is 2. The van der Waals surface area contributed by atoms with Crippen LogP contribution >= 0.6 is 0 Å². The number of hydrogen-bond acceptors (Lipinski definition) is 4. The van der Waals surface area contributed by atoms with Gasteiger partial charge in [0.1, 0.15) is 0 Å². The molecule has 0 saturated heterocycles. The fraction of sp³-hybridized carbons (Fsp3) is 0.0909. The molecule has 0 spiro atoms. The third kappa shape index (κ3) is 2.43. The summed E-state index contributed by atoms with van der Waals surface area (Å²) in [4.78, 5) is 0. The molecule has 1 aromatic carbocycles. The highest BCUT2D eigenvalue weighted by molar-refractivity contribution is 5.65. The Balaban J connectivity index is 2.03. The van der Waals surface area contributed by atoms with E-state index in [1.165, 1.54) is 0 Å². The van der Waals surface area contributed by atoms with Gasteiger partial charge in [-0.15, -0.1) is 0 Å². The molecule has 0 bridgehead atoms. The number of benzene rings is 1. The molecule has 0 radical (unpaired) electrons. The minimum Gasteiger partial charge on any atom is -0.397 e. The Hall–Kier alpha value is -2.10. The van der Waals surface area contributed by atoms with E-state index in [0.717, 1.165) is 17.1 Å². The molecule has 0 atom stereocenters. The Morgan fingerprint density at radius 3 is 2.73 bits per heavy atom. The van der Waals surface area contributed by atoms with Crippen molar-refractivity contribution in [2.45, 2.75) is 6.54 Å². The summed E-state index contributed by atoms with van der Waals surface area (Å²) in [5.74, 6) is 0. The van der Waals surface area contributed by atoms with E-state index in [1.54, 1.807) is 6.20 Å². The van der Waals surface area contributed by atoms with Gasteiger partial charge in [0.2, 0.25) is 0 Å². The monoisotopic (exact) mass is 200 g/mol. The van der Waals surface area contributed by atoms with E-state index in [-0.39, 0.29) is 0 Å². The lowest BCUT2D eigenvalue weighted by atomic mass is 10.2. The van der Waals surface area contributed by atoms with Crippen LogP contribution in [-0.4, -0.2) is 10.2 Å². The fourth-order valence-electron chi connectivity index (χ4n) is 1.27. The van der Waals surface area contributed by atoms with Crippen LogP contribution < -0.4 is 11.1 Å². The molecule has 2 rings (SSSR count). The summed E-state index contributed by atoms with van der Waals surface area (Å²) >= 11 is 0. The van der Waals surface area contributed by atoms with Crippen molar-refractivity contribution in [2.75, 3.05) is 11.1 Å². The number of nitrogens with one attached hydrogen (secondary N) is 1. The van der Waals surface area contributed by atoms with Gasteiger partial charge in [-0.3, -0.25) is 0 Å². The van der Waals surface area contributed by atoms with Crippen molar-refractivity contribution >= 4 is 11.4 Å². The average molecular weight is 200 g/mol. The number of hydrogen-bond donors (Lipinski definition) is 2. The maximum Gasteiger partial charge on any atom is 0.0821 e. The topological polar surface area (TPSA) is 63.8 Å². The highest BCUT2D eigenvalue weighted by Crippen LogP contribution is 2.16. The number of nitrogen functional groups attached to an aromatic ring is 1. The van der Waals surface area contributed by atoms with E-state index in [9.17, 15) is 0 Å². The highest BCUT2D eigenvalue weighted by Gasteiger charge is 1.97. The van der Waals surface area contributed by atoms with E-state index < -0.39 is 0 Å². The summed E-state index contributed by atoms with van der Waals surface area (Å²) in [6, 6.07) is 11.4. The summed E-state index contributed by atoms with van der Waals surface area (Å²) in [5, 5.41) is 11.0.